The molecule has 0 unspecified atom stereocenters. The number of hydrogen-bond acceptors (Lipinski definition) is 7. The quantitative estimate of drug-likeness (QED) is 0.344. The van der Waals surface area contributed by atoms with Crippen LogP contribution in [-0.2, 0) is 37.3 Å². The van der Waals surface area contributed by atoms with Gasteiger partial charge in [-0.25, -0.2) is 9.07 Å². The van der Waals surface area contributed by atoms with Crippen LogP contribution in [-0.4, -0.2) is 69.9 Å². The molecule has 210 valence electrons. The zero-order valence-electron chi connectivity index (χ0n) is 23.3. The Morgan fingerprint density at radius 2 is 1.90 bits per heavy atom. The van der Waals surface area contributed by atoms with Gasteiger partial charge in [-0.15, -0.1) is 5.10 Å². The summed E-state index contributed by atoms with van der Waals surface area (Å²) in [7, 11) is 5.11. The molecule has 40 heavy (non-hydrogen) atoms. The Morgan fingerprint density at radius 3 is 2.62 bits per heavy atom. The van der Waals surface area contributed by atoms with Crippen molar-refractivity contribution in [3.63, 3.8) is 0 Å². The van der Waals surface area contributed by atoms with E-state index in [0.29, 0.717) is 29.2 Å². The summed E-state index contributed by atoms with van der Waals surface area (Å²) < 4.78 is 29.0. The van der Waals surface area contributed by atoms with Gasteiger partial charge in [0.05, 0.1) is 43.4 Å². The number of benzene rings is 2. The Balaban J connectivity index is 1.36. The van der Waals surface area contributed by atoms with Crippen molar-refractivity contribution in [3.8, 4) is 11.4 Å². The van der Waals surface area contributed by atoms with E-state index in [-0.39, 0.29) is 30.4 Å². The molecule has 1 amide bonds. The van der Waals surface area contributed by atoms with Crippen molar-refractivity contribution >= 4 is 5.91 Å². The molecule has 5 rings (SSSR count). The van der Waals surface area contributed by atoms with Crippen molar-refractivity contribution in [2.45, 2.75) is 39.5 Å². The van der Waals surface area contributed by atoms with Crippen LogP contribution in [0.2, 0.25) is 0 Å². The molecule has 1 N–H and O–H groups in total. The van der Waals surface area contributed by atoms with Gasteiger partial charge < -0.3 is 19.7 Å². The third-order valence-electron chi connectivity index (χ3n) is 7.19. The summed E-state index contributed by atoms with van der Waals surface area (Å²) in [4.78, 5) is 15.7. The predicted octanol–water partition coefficient (Wildman–Crippen LogP) is 3.08. The van der Waals surface area contributed by atoms with Crippen molar-refractivity contribution < 1.29 is 18.7 Å². The molecule has 2 aromatic carbocycles. The number of carbonyl (C=O) groups excluding carboxylic acids is 1. The molecule has 11 heteroatoms. The van der Waals surface area contributed by atoms with Gasteiger partial charge in [-0.2, -0.15) is 5.10 Å². The Morgan fingerprint density at radius 1 is 1.10 bits per heavy atom. The van der Waals surface area contributed by atoms with Gasteiger partial charge in [-0.3, -0.25) is 9.48 Å². The predicted molar refractivity (Wildman–Crippen MR) is 147 cm³/mol. The summed E-state index contributed by atoms with van der Waals surface area (Å²) in [5.74, 6) is -0.882. The number of carbonyl (C=O) groups is 1. The molecule has 0 saturated heterocycles. The molecule has 0 saturated carbocycles. The molecule has 0 radical (unpaired) electrons. The van der Waals surface area contributed by atoms with Gasteiger partial charge in [0.25, 0.3) is 5.91 Å². The largest absolute Gasteiger partial charge is 0.494 e. The maximum absolute atomic E-state index is 15.3. The number of fused-ring (bicyclic) bond motifs is 1. The molecule has 0 aliphatic carbocycles. The SMILES string of the molecule is COCc1nn(Cc2ccc3c(c2)CCN(C)CC3)cc1C(=O)NCc1c(-n2cc(C)nn2)ccc(OC)c1F. The Bertz CT molecular complexity index is 1510. The second kappa shape index (κ2) is 12.0. The molecular weight excluding hydrogens is 513 g/mol. The standard InChI is InChI=1S/C29H34FN7O3/c1-19-15-37(34-32-19)26-7-8-27(40-4)28(30)23(26)14-31-29(38)24-17-36(33-25(24)18-39-3)16-20-5-6-21-9-11-35(2)12-10-22(21)13-20/h5-8,13,15,17H,9-12,14,16,18H2,1-4H3,(H,31,38). The van der Waals surface area contributed by atoms with Crippen molar-refractivity contribution in [1.29, 1.82) is 0 Å². The minimum absolute atomic E-state index is 0.0742. The molecule has 3 heterocycles. The van der Waals surface area contributed by atoms with Crippen LogP contribution >= 0.6 is 0 Å². The van der Waals surface area contributed by atoms with Crippen molar-refractivity contribution in [3.05, 3.63) is 87.7 Å². The fourth-order valence-electron chi connectivity index (χ4n) is 5.01. The van der Waals surface area contributed by atoms with E-state index in [9.17, 15) is 4.79 Å². The van der Waals surface area contributed by atoms with E-state index >= 15 is 4.39 Å². The second-order valence-electron chi connectivity index (χ2n) is 10.1. The van der Waals surface area contributed by atoms with Crippen LogP contribution in [0.4, 0.5) is 4.39 Å². The Kier molecular flexibility index (Phi) is 8.22. The highest BCUT2D eigenvalue weighted by atomic mass is 19.1. The van der Waals surface area contributed by atoms with Crippen LogP contribution in [0.5, 0.6) is 5.75 Å². The monoisotopic (exact) mass is 547 g/mol. The lowest BCUT2D eigenvalue weighted by atomic mass is 10.00. The molecule has 1 aliphatic heterocycles. The maximum Gasteiger partial charge on any atom is 0.255 e. The summed E-state index contributed by atoms with van der Waals surface area (Å²) >= 11 is 0. The Labute approximate surface area is 232 Å². The number of rotatable bonds is 9. The van der Waals surface area contributed by atoms with E-state index in [1.54, 1.807) is 37.2 Å². The minimum atomic E-state index is -0.573. The van der Waals surface area contributed by atoms with Crippen LogP contribution in [0.3, 0.4) is 0 Å². The number of likely N-dealkylation sites (N-methyl/N-ethyl adjacent to an activating group) is 1. The summed E-state index contributed by atoms with van der Waals surface area (Å²) in [6.45, 7) is 4.49. The molecule has 0 bridgehead atoms. The van der Waals surface area contributed by atoms with E-state index in [1.165, 1.54) is 29.0 Å². The van der Waals surface area contributed by atoms with Gasteiger partial charge in [0.1, 0.15) is 5.69 Å². The smallest absolute Gasteiger partial charge is 0.255 e. The van der Waals surface area contributed by atoms with E-state index < -0.39 is 5.82 Å². The number of aryl methyl sites for hydroxylation is 1. The number of amides is 1. The molecule has 2 aromatic heterocycles. The third-order valence-corrected chi connectivity index (χ3v) is 7.19. The lowest BCUT2D eigenvalue weighted by Gasteiger charge is -2.14. The zero-order valence-corrected chi connectivity index (χ0v) is 23.3. The number of nitrogens with zero attached hydrogens (tertiary/aromatic N) is 6. The number of aromatic nitrogens is 5. The van der Waals surface area contributed by atoms with Crippen LogP contribution in [0.15, 0.2) is 42.7 Å². The Hall–Kier alpha value is -4.09. The molecule has 0 atom stereocenters. The van der Waals surface area contributed by atoms with Crippen LogP contribution in [0.1, 0.15) is 44.0 Å². The number of methoxy groups -OCH3 is 2. The summed E-state index contributed by atoms with van der Waals surface area (Å²) in [6, 6.07) is 9.78. The van der Waals surface area contributed by atoms with E-state index in [4.69, 9.17) is 9.47 Å². The van der Waals surface area contributed by atoms with Crippen molar-refractivity contribution in [1.82, 2.24) is 35.0 Å². The number of hydrogen-bond donors (Lipinski definition) is 1. The lowest BCUT2D eigenvalue weighted by Crippen LogP contribution is -2.25. The number of halogens is 1. The highest BCUT2D eigenvalue weighted by Gasteiger charge is 2.21. The summed E-state index contributed by atoms with van der Waals surface area (Å²) in [5, 5.41) is 15.5. The van der Waals surface area contributed by atoms with Gasteiger partial charge in [-0.05, 0) is 55.6 Å². The minimum Gasteiger partial charge on any atom is -0.494 e. The number of ether oxygens (including phenoxy) is 2. The molecule has 4 aromatic rings. The molecule has 0 spiro atoms. The summed E-state index contributed by atoms with van der Waals surface area (Å²) in [5.41, 5.74) is 6.13. The van der Waals surface area contributed by atoms with Gasteiger partial charge in [0.15, 0.2) is 11.6 Å². The number of nitrogens with one attached hydrogen (secondary N) is 1. The zero-order chi connectivity index (χ0) is 28.2. The fraction of sp³-hybridized carbons (Fsp3) is 0.379. The second-order valence-corrected chi connectivity index (χ2v) is 10.1. The normalized spacial score (nSPS) is 13.6. The average molecular weight is 548 g/mol. The first-order chi connectivity index (χ1) is 19.4. The summed E-state index contributed by atoms with van der Waals surface area (Å²) in [6.07, 6.45) is 5.46. The molecule has 1 aliphatic rings. The van der Waals surface area contributed by atoms with Crippen molar-refractivity contribution in [2.24, 2.45) is 0 Å². The first-order valence-corrected chi connectivity index (χ1v) is 13.2. The van der Waals surface area contributed by atoms with Gasteiger partial charge >= 0.3 is 0 Å². The fourth-order valence-corrected chi connectivity index (χ4v) is 5.01. The average Bonchev–Trinajstić information content (AvgIpc) is 3.50. The third kappa shape index (κ3) is 5.90. The van der Waals surface area contributed by atoms with Crippen molar-refractivity contribution in [2.75, 3.05) is 34.4 Å². The van der Waals surface area contributed by atoms with Crippen LogP contribution in [0, 0.1) is 12.7 Å². The first kappa shape index (κ1) is 27.5. The van der Waals surface area contributed by atoms with Gasteiger partial charge in [-0.1, -0.05) is 23.4 Å². The molecule has 10 nitrogen and oxygen atoms in total. The highest BCUT2D eigenvalue weighted by molar-refractivity contribution is 5.95. The maximum atomic E-state index is 15.3. The van der Waals surface area contributed by atoms with Gasteiger partial charge in [0, 0.05) is 38.5 Å². The topological polar surface area (TPSA) is 99.3 Å². The van der Waals surface area contributed by atoms with E-state index in [1.807, 2.05) is 0 Å². The van der Waals surface area contributed by atoms with Crippen LogP contribution in [0.25, 0.3) is 5.69 Å². The molecular formula is C29H34FN7O3. The van der Waals surface area contributed by atoms with E-state index in [2.05, 4.69) is 50.9 Å². The highest BCUT2D eigenvalue weighted by Crippen LogP contribution is 2.26. The van der Waals surface area contributed by atoms with E-state index in [0.717, 1.165) is 31.5 Å². The van der Waals surface area contributed by atoms with Gasteiger partial charge in [0.2, 0.25) is 0 Å². The first-order valence-electron chi connectivity index (χ1n) is 13.2. The molecule has 0 fully saturated rings. The lowest BCUT2D eigenvalue weighted by molar-refractivity contribution is 0.0945. The van der Waals surface area contributed by atoms with Crippen LogP contribution < -0.4 is 10.1 Å².